The van der Waals surface area contributed by atoms with Gasteiger partial charge in [0, 0.05) is 0 Å². The van der Waals surface area contributed by atoms with Crippen molar-refractivity contribution in [2.75, 3.05) is 19.5 Å². The molecular formula is C17H28O6S2. The van der Waals surface area contributed by atoms with Crippen molar-refractivity contribution in [1.29, 1.82) is 0 Å². The van der Waals surface area contributed by atoms with Gasteiger partial charge in [-0.1, -0.05) is 11.8 Å². The van der Waals surface area contributed by atoms with Gasteiger partial charge in [0.25, 0.3) is 0 Å². The van der Waals surface area contributed by atoms with Gasteiger partial charge in [0.2, 0.25) is 4.38 Å². The first-order chi connectivity index (χ1) is 11.7. The Morgan fingerprint density at radius 2 is 1.76 bits per heavy atom. The smallest absolute Gasteiger partial charge is 0.220 e. The maximum atomic E-state index is 6.35. The Bertz CT molecular complexity index is 498. The standard InChI is InChI=1S/C17H28O6S2/c1-16(2)18-8-6-7-10-13(23-16)14(21-15(24)25-5)12(20-10)11-9-19-17(3,4)22-11/h10-14H,6-9H2,1-5H3/t10?,11-,12-,13+,14+/m1/s1. The highest BCUT2D eigenvalue weighted by Gasteiger charge is 2.55. The van der Waals surface area contributed by atoms with Crippen molar-refractivity contribution < 1.29 is 28.4 Å². The van der Waals surface area contributed by atoms with Gasteiger partial charge in [-0.25, -0.2) is 0 Å². The summed E-state index contributed by atoms with van der Waals surface area (Å²) in [6, 6.07) is 0. The van der Waals surface area contributed by atoms with Gasteiger partial charge < -0.3 is 28.4 Å². The fourth-order valence-electron chi connectivity index (χ4n) is 3.56. The molecule has 0 bridgehead atoms. The van der Waals surface area contributed by atoms with E-state index in [4.69, 9.17) is 40.6 Å². The van der Waals surface area contributed by atoms with Crippen molar-refractivity contribution in [1.82, 2.24) is 0 Å². The molecule has 0 spiro atoms. The van der Waals surface area contributed by atoms with Crippen LogP contribution in [0.5, 0.6) is 0 Å². The van der Waals surface area contributed by atoms with Crippen LogP contribution >= 0.6 is 24.0 Å². The highest BCUT2D eigenvalue weighted by Crippen LogP contribution is 2.39. The van der Waals surface area contributed by atoms with E-state index in [-0.39, 0.29) is 30.5 Å². The molecule has 3 aliphatic rings. The molecule has 6 nitrogen and oxygen atoms in total. The monoisotopic (exact) mass is 392 g/mol. The summed E-state index contributed by atoms with van der Waals surface area (Å²) < 4.78 is 36.7. The third-order valence-corrected chi connectivity index (χ3v) is 5.67. The first-order valence-corrected chi connectivity index (χ1v) is 10.4. The molecule has 0 aliphatic carbocycles. The molecule has 0 aromatic carbocycles. The van der Waals surface area contributed by atoms with E-state index in [0.29, 0.717) is 17.6 Å². The second-order valence-electron chi connectivity index (χ2n) is 7.52. The summed E-state index contributed by atoms with van der Waals surface area (Å²) in [4.78, 5) is 0. The zero-order chi connectivity index (χ0) is 18.2. The lowest BCUT2D eigenvalue weighted by Crippen LogP contribution is -2.48. The SMILES string of the molecule is CSC(=S)O[C@H]1[C@@H]([C@H]2COC(C)(C)O2)OC2CCCOC(C)(C)O[C@@H]21. The quantitative estimate of drug-likeness (QED) is 0.665. The summed E-state index contributed by atoms with van der Waals surface area (Å²) in [5.74, 6) is -1.32. The van der Waals surface area contributed by atoms with Gasteiger partial charge in [-0.3, -0.25) is 0 Å². The lowest BCUT2D eigenvalue weighted by Gasteiger charge is -2.35. The van der Waals surface area contributed by atoms with E-state index >= 15 is 0 Å². The topological polar surface area (TPSA) is 55.4 Å². The van der Waals surface area contributed by atoms with Crippen LogP contribution in [0.3, 0.4) is 0 Å². The fourth-order valence-corrected chi connectivity index (χ4v) is 3.88. The highest BCUT2D eigenvalue weighted by molar-refractivity contribution is 8.22. The second kappa shape index (κ2) is 7.58. The molecule has 3 heterocycles. The van der Waals surface area contributed by atoms with E-state index in [1.807, 2.05) is 34.0 Å². The summed E-state index contributed by atoms with van der Waals surface area (Å²) in [5.41, 5.74) is 0. The van der Waals surface area contributed by atoms with Gasteiger partial charge in [-0.2, -0.15) is 0 Å². The number of thioether (sulfide) groups is 1. The van der Waals surface area contributed by atoms with E-state index < -0.39 is 11.6 Å². The van der Waals surface area contributed by atoms with Crippen LogP contribution in [0.15, 0.2) is 0 Å². The minimum atomic E-state index is -0.698. The maximum Gasteiger partial charge on any atom is 0.220 e. The normalized spacial score (nSPS) is 40.1. The van der Waals surface area contributed by atoms with Gasteiger partial charge in [0.15, 0.2) is 17.7 Å². The Hall–Kier alpha value is 0.0400. The Morgan fingerprint density at radius 1 is 1.04 bits per heavy atom. The molecule has 0 amide bonds. The van der Waals surface area contributed by atoms with Gasteiger partial charge in [-0.05, 0) is 59.0 Å². The predicted molar refractivity (Wildman–Crippen MR) is 98.7 cm³/mol. The zero-order valence-electron chi connectivity index (χ0n) is 15.5. The molecule has 1 unspecified atom stereocenters. The molecule has 0 aromatic rings. The Labute approximate surface area is 159 Å². The third-order valence-electron chi connectivity index (χ3n) is 4.64. The van der Waals surface area contributed by atoms with Crippen molar-refractivity contribution >= 4 is 28.4 Å². The van der Waals surface area contributed by atoms with E-state index in [0.717, 1.165) is 12.8 Å². The van der Waals surface area contributed by atoms with Crippen LogP contribution in [0, 0.1) is 0 Å². The van der Waals surface area contributed by atoms with Gasteiger partial charge in [0.1, 0.15) is 18.3 Å². The fraction of sp³-hybridized carbons (Fsp3) is 0.941. The minimum absolute atomic E-state index is 0.0739. The Kier molecular flexibility index (Phi) is 6.00. The van der Waals surface area contributed by atoms with Crippen molar-refractivity contribution in [3.05, 3.63) is 0 Å². The molecule has 0 radical (unpaired) electrons. The third kappa shape index (κ3) is 4.66. The molecule has 5 atom stereocenters. The molecule has 0 saturated carbocycles. The van der Waals surface area contributed by atoms with Crippen molar-refractivity contribution in [3.63, 3.8) is 0 Å². The van der Waals surface area contributed by atoms with E-state index in [9.17, 15) is 0 Å². The number of thiocarbonyl (C=S) groups is 1. The number of hydrogen-bond donors (Lipinski definition) is 0. The first kappa shape index (κ1) is 19.8. The summed E-state index contributed by atoms with van der Waals surface area (Å²) >= 11 is 6.70. The molecule has 144 valence electrons. The molecule has 8 heteroatoms. The van der Waals surface area contributed by atoms with Gasteiger partial charge in [-0.15, -0.1) is 0 Å². The van der Waals surface area contributed by atoms with Gasteiger partial charge >= 0.3 is 0 Å². The first-order valence-electron chi connectivity index (χ1n) is 8.74. The number of fused-ring (bicyclic) bond motifs is 1. The van der Waals surface area contributed by atoms with Crippen LogP contribution in [-0.2, 0) is 28.4 Å². The lowest BCUT2D eigenvalue weighted by atomic mass is 10.0. The Balaban J connectivity index is 1.83. The molecule has 3 saturated heterocycles. The van der Waals surface area contributed by atoms with Crippen LogP contribution in [-0.4, -0.2) is 65.9 Å². The summed E-state index contributed by atoms with van der Waals surface area (Å²) in [6.07, 6.45) is 2.45. The van der Waals surface area contributed by atoms with Crippen LogP contribution in [0.2, 0.25) is 0 Å². The molecular weight excluding hydrogens is 364 g/mol. The average molecular weight is 393 g/mol. The molecule has 3 fully saturated rings. The molecule has 3 aliphatic heterocycles. The zero-order valence-corrected chi connectivity index (χ0v) is 17.1. The lowest BCUT2D eigenvalue weighted by molar-refractivity contribution is -0.261. The van der Waals surface area contributed by atoms with Crippen LogP contribution in [0.25, 0.3) is 0 Å². The number of hydrogen-bond acceptors (Lipinski definition) is 8. The van der Waals surface area contributed by atoms with E-state index in [1.165, 1.54) is 11.8 Å². The van der Waals surface area contributed by atoms with E-state index in [2.05, 4.69) is 0 Å². The van der Waals surface area contributed by atoms with E-state index in [1.54, 1.807) is 0 Å². The van der Waals surface area contributed by atoms with Crippen molar-refractivity contribution in [2.45, 2.75) is 82.6 Å². The highest BCUT2D eigenvalue weighted by atomic mass is 32.2. The summed E-state index contributed by atoms with van der Waals surface area (Å²) in [6.45, 7) is 8.76. The van der Waals surface area contributed by atoms with Crippen LogP contribution < -0.4 is 0 Å². The molecule has 0 aromatic heterocycles. The molecule has 3 rings (SSSR count). The van der Waals surface area contributed by atoms with Crippen molar-refractivity contribution in [2.24, 2.45) is 0 Å². The maximum absolute atomic E-state index is 6.35. The van der Waals surface area contributed by atoms with Crippen molar-refractivity contribution in [3.8, 4) is 0 Å². The average Bonchev–Trinajstić information content (AvgIpc) is 3.03. The molecule has 25 heavy (non-hydrogen) atoms. The van der Waals surface area contributed by atoms with Crippen LogP contribution in [0.1, 0.15) is 40.5 Å². The largest absolute Gasteiger partial charge is 0.469 e. The Morgan fingerprint density at radius 3 is 2.40 bits per heavy atom. The minimum Gasteiger partial charge on any atom is -0.469 e. The number of rotatable bonds is 2. The summed E-state index contributed by atoms with van der Waals surface area (Å²) in [7, 11) is 0. The second-order valence-corrected chi connectivity index (χ2v) is 8.92. The predicted octanol–water partition coefficient (Wildman–Crippen LogP) is 2.87. The van der Waals surface area contributed by atoms with Gasteiger partial charge in [0.05, 0.1) is 19.3 Å². The number of ether oxygens (including phenoxy) is 6. The summed E-state index contributed by atoms with van der Waals surface area (Å²) in [5, 5.41) is 0. The van der Waals surface area contributed by atoms with Crippen LogP contribution in [0.4, 0.5) is 0 Å². The molecule has 0 N–H and O–H groups in total.